The van der Waals surface area contributed by atoms with Gasteiger partial charge in [0.1, 0.15) is 6.17 Å². The molecule has 0 saturated heterocycles. The first-order valence-corrected chi connectivity index (χ1v) is 13.1. The number of hydrogen-bond donors (Lipinski definition) is 3. The summed E-state index contributed by atoms with van der Waals surface area (Å²) in [6, 6.07) is 9.84. The van der Waals surface area contributed by atoms with Crippen LogP contribution in [0.5, 0.6) is 0 Å². The molecule has 36 heavy (non-hydrogen) atoms. The van der Waals surface area contributed by atoms with Crippen LogP contribution in [0.4, 0.5) is 14.9 Å². The van der Waals surface area contributed by atoms with Gasteiger partial charge in [-0.05, 0) is 74.1 Å². The Labute approximate surface area is 215 Å². The van der Waals surface area contributed by atoms with E-state index in [9.17, 15) is 9.18 Å². The topological polar surface area (TPSA) is 84.4 Å². The van der Waals surface area contributed by atoms with Gasteiger partial charge in [-0.2, -0.15) is 5.01 Å². The van der Waals surface area contributed by atoms with E-state index in [1.54, 1.807) is 17.4 Å². The molecule has 2 heterocycles. The number of amides is 2. The van der Waals surface area contributed by atoms with Crippen LogP contribution in [0.15, 0.2) is 69.9 Å². The number of benzene rings is 1. The van der Waals surface area contributed by atoms with Crippen molar-refractivity contribution in [2.24, 2.45) is 10.3 Å². The van der Waals surface area contributed by atoms with E-state index in [2.05, 4.69) is 50.6 Å². The average molecular weight is 512 g/mol. The van der Waals surface area contributed by atoms with Crippen LogP contribution in [-0.4, -0.2) is 55.8 Å². The van der Waals surface area contributed by atoms with Crippen molar-refractivity contribution in [3.8, 4) is 10.4 Å². The Bertz CT molecular complexity index is 1130. The van der Waals surface area contributed by atoms with Crippen LogP contribution < -0.4 is 16.2 Å². The molecule has 2 unspecified atom stereocenters. The van der Waals surface area contributed by atoms with Crippen LogP contribution in [-0.2, 0) is 5.66 Å². The van der Waals surface area contributed by atoms with Gasteiger partial charge >= 0.3 is 6.03 Å². The van der Waals surface area contributed by atoms with Crippen molar-refractivity contribution in [2.75, 3.05) is 39.0 Å². The molecule has 10 heteroatoms. The fraction of sp³-hybridized carbons (Fsp3) is 0.423. The van der Waals surface area contributed by atoms with E-state index in [0.717, 1.165) is 47.5 Å². The summed E-state index contributed by atoms with van der Waals surface area (Å²) in [7, 11) is 3.95. The summed E-state index contributed by atoms with van der Waals surface area (Å²) in [5.74, 6) is 0. The van der Waals surface area contributed by atoms with Crippen LogP contribution in [0.3, 0.4) is 0 Å². The molecule has 2 aliphatic rings. The largest absolute Gasteiger partial charge is 0.338 e. The maximum atomic E-state index is 13.2. The van der Waals surface area contributed by atoms with Gasteiger partial charge in [0.05, 0.1) is 0 Å². The van der Waals surface area contributed by atoms with E-state index >= 15 is 0 Å². The number of thiophene rings is 1. The molecular formula is C26H34FN7OS. The number of halogens is 1. The third kappa shape index (κ3) is 6.57. The third-order valence-corrected chi connectivity index (χ3v) is 7.38. The molecule has 1 aromatic heterocycles. The second-order valence-electron chi connectivity index (χ2n) is 9.37. The molecule has 2 atom stereocenters. The van der Waals surface area contributed by atoms with E-state index in [1.165, 1.54) is 0 Å². The van der Waals surface area contributed by atoms with Gasteiger partial charge in [-0.15, -0.1) is 16.5 Å². The molecule has 8 nitrogen and oxygen atoms in total. The van der Waals surface area contributed by atoms with Crippen molar-refractivity contribution >= 4 is 23.1 Å². The maximum Gasteiger partial charge on any atom is 0.319 e. The predicted octanol–water partition coefficient (Wildman–Crippen LogP) is 5.46. The molecule has 0 bridgehead atoms. The van der Waals surface area contributed by atoms with E-state index in [0.29, 0.717) is 18.7 Å². The van der Waals surface area contributed by atoms with Gasteiger partial charge < -0.3 is 15.5 Å². The summed E-state index contributed by atoms with van der Waals surface area (Å²) in [4.78, 5) is 16.0. The number of anilines is 1. The van der Waals surface area contributed by atoms with E-state index in [1.807, 2.05) is 54.7 Å². The Kier molecular flexibility index (Phi) is 8.50. The molecule has 0 radical (unpaired) electrons. The summed E-state index contributed by atoms with van der Waals surface area (Å²) in [5.41, 5.74) is 5.99. The van der Waals surface area contributed by atoms with Gasteiger partial charge in [-0.1, -0.05) is 29.5 Å². The van der Waals surface area contributed by atoms with Crippen molar-refractivity contribution < 1.29 is 9.18 Å². The molecule has 192 valence electrons. The number of alkyl halides is 1. The van der Waals surface area contributed by atoms with E-state index < -0.39 is 11.8 Å². The first-order valence-electron chi connectivity index (χ1n) is 12.2. The fourth-order valence-corrected chi connectivity index (χ4v) is 4.91. The van der Waals surface area contributed by atoms with Gasteiger partial charge in [0.15, 0.2) is 5.66 Å². The van der Waals surface area contributed by atoms with Gasteiger partial charge in [-0.3, -0.25) is 0 Å². The lowest BCUT2D eigenvalue weighted by Crippen LogP contribution is -2.41. The Morgan fingerprint density at radius 2 is 2.22 bits per heavy atom. The second kappa shape index (κ2) is 11.8. The summed E-state index contributed by atoms with van der Waals surface area (Å²) in [5, 5.41) is 18.1. The Morgan fingerprint density at radius 1 is 1.36 bits per heavy atom. The number of hydrazine groups is 1. The minimum Gasteiger partial charge on any atom is -0.338 e. The minimum atomic E-state index is -0.851. The average Bonchev–Trinajstić information content (AvgIpc) is 3.51. The molecule has 3 N–H and O–H groups in total. The second-order valence-corrected chi connectivity index (χ2v) is 10.3. The summed E-state index contributed by atoms with van der Waals surface area (Å²) in [6.45, 7) is 4.28. The quantitative estimate of drug-likeness (QED) is 0.370. The fourth-order valence-electron chi connectivity index (χ4n) is 4.19. The highest BCUT2D eigenvalue weighted by molar-refractivity contribution is 7.13. The number of urea groups is 1. The van der Waals surface area contributed by atoms with E-state index in [4.69, 9.17) is 0 Å². The van der Waals surface area contributed by atoms with Crippen molar-refractivity contribution in [1.82, 2.24) is 20.8 Å². The van der Waals surface area contributed by atoms with Crippen LogP contribution in [0.1, 0.15) is 31.7 Å². The predicted molar refractivity (Wildman–Crippen MR) is 143 cm³/mol. The number of likely N-dealkylation sites (N-methyl/N-ethyl adjacent to an activating group) is 1. The van der Waals surface area contributed by atoms with Crippen molar-refractivity contribution in [1.29, 1.82) is 0 Å². The Hall–Kier alpha value is -3.08. The molecule has 1 aliphatic heterocycles. The highest BCUT2D eigenvalue weighted by Gasteiger charge is 2.36. The zero-order valence-corrected chi connectivity index (χ0v) is 21.8. The summed E-state index contributed by atoms with van der Waals surface area (Å²) < 4.78 is 13.2. The normalized spacial score (nSPS) is 21.5. The van der Waals surface area contributed by atoms with Crippen molar-refractivity contribution in [3.63, 3.8) is 0 Å². The minimum absolute atomic E-state index is 0.236. The standard InChI is InChI=1S/C26H34FN7OS/c1-26(30-31-32-34(26)3)21-15-20(24-7-6-14-36-24)16-23(17-21)29-25(35)28-12-4-5-13-33(2)18-19-8-10-22(27)11-9-19/h6-10,14-17,22H,4-5,11-13,18H2,1-3H3,(H,30,32)(H2,28,29,35). The van der Waals surface area contributed by atoms with Crippen LogP contribution >= 0.6 is 11.3 Å². The first-order chi connectivity index (χ1) is 17.3. The molecule has 4 rings (SSSR count). The number of carbonyl (C=O) groups is 1. The SMILES string of the molecule is CN(CCCCNC(=O)Nc1cc(-c2cccs2)cc(C2(C)N=NNN2C)c1)CC1=CCC(F)C=C1. The van der Waals surface area contributed by atoms with Crippen LogP contribution in [0.25, 0.3) is 10.4 Å². The molecule has 2 amide bonds. The molecule has 1 aliphatic carbocycles. The first kappa shape index (κ1) is 26.0. The molecule has 0 spiro atoms. The lowest BCUT2D eigenvalue weighted by Gasteiger charge is -2.28. The van der Waals surface area contributed by atoms with Crippen molar-refractivity contribution in [2.45, 2.75) is 38.0 Å². The lowest BCUT2D eigenvalue weighted by atomic mass is 9.98. The van der Waals surface area contributed by atoms with Gasteiger partial charge in [0.2, 0.25) is 0 Å². The number of carbonyl (C=O) groups excluding carboxylic acids is 1. The maximum absolute atomic E-state index is 13.2. The van der Waals surface area contributed by atoms with Gasteiger partial charge in [0, 0.05) is 42.7 Å². The molecule has 0 saturated carbocycles. The number of unbranched alkanes of at least 4 members (excludes halogenated alkanes) is 1. The third-order valence-electron chi connectivity index (χ3n) is 6.46. The highest BCUT2D eigenvalue weighted by Crippen LogP contribution is 2.36. The lowest BCUT2D eigenvalue weighted by molar-refractivity contribution is 0.130. The number of rotatable bonds is 10. The number of nitrogens with one attached hydrogen (secondary N) is 3. The molecule has 2 aromatic rings. The molecule has 0 fully saturated rings. The zero-order valence-electron chi connectivity index (χ0n) is 21.0. The number of allylic oxidation sites excluding steroid dienone is 2. The number of nitrogens with zero attached hydrogens (tertiary/aromatic N) is 4. The summed E-state index contributed by atoms with van der Waals surface area (Å²) >= 11 is 1.65. The monoisotopic (exact) mass is 511 g/mol. The molecular weight excluding hydrogens is 477 g/mol. The van der Waals surface area contributed by atoms with Crippen molar-refractivity contribution in [3.05, 3.63) is 65.1 Å². The van der Waals surface area contributed by atoms with Gasteiger partial charge in [0.25, 0.3) is 0 Å². The molecule has 1 aromatic carbocycles. The smallest absolute Gasteiger partial charge is 0.319 e. The van der Waals surface area contributed by atoms with E-state index in [-0.39, 0.29) is 6.03 Å². The van der Waals surface area contributed by atoms with Gasteiger partial charge in [-0.25, -0.2) is 14.7 Å². The van der Waals surface area contributed by atoms with Crippen LogP contribution in [0, 0.1) is 0 Å². The zero-order chi connectivity index (χ0) is 25.5. The highest BCUT2D eigenvalue weighted by atomic mass is 32.1. The summed E-state index contributed by atoms with van der Waals surface area (Å²) in [6.07, 6.45) is 6.91. The Balaban J connectivity index is 1.28. The number of hydrogen-bond acceptors (Lipinski definition) is 7. The van der Waals surface area contributed by atoms with Crippen LogP contribution in [0.2, 0.25) is 0 Å². The Morgan fingerprint density at radius 3 is 2.92 bits per heavy atom.